The van der Waals surface area contributed by atoms with Crippen molar-refractivity contribution in [2.75, 3.05) is 0 Å². The van der Waals surface area contributed by atoms with E-state index in [2.05, 4.69) is 21.4 Å². The van der Waals surface area contributed by atoms with Crippen LogP contribution < -0.4 is 11.3 Å². The number of benzene rings is 1. The second-order valence-corrected chi connectivity index (χ2v) is 7.13. The van der Waals surface area contributed by atoms with Crippen molar-refractivity contribution in [3.8, 4) is 0 Å². The molecule has 2 nitrogen and oxygen atoms in total. The average molecular weight is 364 g/mol. The molecule has 1 heterocycles. The number of rotatable bonds is 5. The molecule has 1 unspecified atom stereocenters. The van der Waals surface area contributed by atoms with Crippen LogP contribution in [-0.2, 0) is 12.8 Å². The largest absolute Gasteiger partial charge is 0.271 e. The number of nitrogens with one attached hydrogen (secondary N) is 1. The Hall–Kier alpha value is -0.460. The summed E-state index contributed by atoms with van der Waals surface area (Å²) in [5.41, 5.74) is 3.23. The summed E-state index contributed by atoms with van der Waals surface area (Å²) < 4.78 is 14.8. The van der Waals surface area contributed by atoms with Gasteiger partial charge in [-0.3, -0.25) is 11.3 Å². The standard InChI is InChI=1S/C13H13BrClFN2S/c14-13-5-4-9(19-13)6-8(18-17)7-10-11(15)2-1-3-12(10)16/h1-5,8,18H,6-7,17H2. The molecular weight excluding hydrogens is 351 g/mol. The summed E-state index contributed by atoms with van der Waals surface area (Å²) in [6.07, 6.45) is 1.19. The van der Waals surface area contributed by atoms with Gasteiger partial charge in [0.2, 0.25) is 0 Å². The summed E-state index contributed by atoms with van der Waals surface area (Å²) >= 11 is 11.1. The fourth-order valence-electron chi connectivity index (χ4n) is 1.87. The molecule has 102 valence electrons. The molecule has 0 radical (unpaired) electrons. The zero-order chi connectivity index (χ0) is 13.8. The lowest BCUT2D eigenvalue weighted by atomic mass is 10.0. The Morgan fingerprint density at radius 3 is 2.68 bits per heavy atom. The molecule has 0 bridgehead atoms. The molecular formula is C13H13BrClFN2S. The molecule has 19 heavy (non-hydrogen) atoms. The van der Waals surface area contributed by atoms with Crippen LogP contribution in [-0.4, -0.2) is 6.04 Å². The van der Waals surface area contributed by atoms with E-state index in [-0.39, 0.29) is 11.9 Å². The van der Waals surface area contributed by atoms with E-state index < -0.39 is 0 Å². The van der Waals surface area contributed by atoms with E-state index in [4.69, 9.17) is 17.4 Å². The lowest BCUT2D eigenvalue weighted by molar-refractivity contribution is 0.509. The van der Waals surface area contributed by atoms with Crippen LogP contribution in [0.2, 0.25) is 5.02 Å². The van der Waals surface area contributed by atoms with Crippen LogP contribution in [0, 0.1) is 5.82 Å². The van der Waals surface area contributed by atoms with E-state index in [0.717, 1.165) is 10.2 Å². The number of thiophene rings is 1. The van der Waals surface area contributed by atoms with Gasteiger partial charge in [0.1, 0.15) is 5.82 Å². The molecule has 6 heteroatoms. The van der Waals surface area contributed by atoms with Crippen LogP contribution in [0.3, 0.4) is 0 Å². The van der Waals surface area contributed by atoms with Gasteiger partial charge in [-0.15, -0.1) is 11.3 Å². The molecule has 0 saturated heterocycles. The molecule has 3 N–H and O–H groups in total. The van der Waals surface area contributed by atoms with E-state index >= 15 is 0 Å². The van der Waals surface area contributed by atoms with Crippen LogP contribution in [0.5, 0.6) is 0 Å². The molecule has 0 fully saturated rings. The minimum absolute atomic E-state index is 0.0556. The van der Waals surface area contributed by atoms with Crippen LogP contribution >= 0.6 is 38.9 Å². The fourth-order valence-corrected chi connectivity index (χ4v) is 3.67. The fraction of sp³-hybridized carbons (Fsp3) is 0.231. The summed E-state index contributed by atoms with van der Waals surface area (Å²) in [4.78, 5) is 1.18. The lowest BCUT2D eigenvalue weighted by Crippen LogP contribution is -2.38. The number of hydrazine groups is 1. The van der Waals surface area contributed by atoms with Gasteiger partial charge in [-0.25, -0.2) is 4.39 Å². The van der Waals surface area contributed by atoms with E-state index in [9.17, 15) is 4.39 Å². The average Bonchev–Trinajstić information content (AvgIpc) is 2.78. The third-order valence-electron chi connectivity index (χ3n) is 2.82. The Bertz CT molecular complexity index is 541. The smallest absolute Gasteiger partial charge is 0.127 e. The van der Waals surface area contributed by atoms with Crippen molar-refractivity contribution in [2.24, 2.45) is 5.84 Å². The molecule has 2 rings (SSSR count). The Morgan fingerprint density at radius 1 is 1.32 bits per heavy atom. The highest BCUT2D eigenvalue weighted by molar-refractivity contribution is 9.11. The Balaban J connectivity index is 2.11. The molecule has 0 aliphatic rings. The predicted molar refractivity (Wildman–Crippen MR) is 81.9 cm³/mol. The number of hydrogen-bond acceptors (Lipinski definition) is 3. The van der Waals surface area contributed by atoms with Crippen LogP contribution in [0.25, 0.3) is 0 Å². The molecule has 1 aromatic carbocycles. The number of nitrogens with two attached hydrogens (primary N) is 1. The number of halogens is 3. The highest BCUT2D eigenvalue weighted by atomic mass is 79.9. The van der Waals surface area contributed by atoms with Crippen molar-refractivity contribution < 1.29 is 4.39 Å². The van der Waals surface area contributed by atoms with Gasteiger partial charge in [0, 0.05) is 21.5 Å². The van der Waals surface area contributed by atoms with E-state index in [1.165, 1.54) is 10.9 Å². The zero-order valence-electron chi connectivity index (χ0n) is 10.00. The summed E-state index contributed by atoms with van der Waals surface area (Å²) in [6.45, 7) is 0. The molecule has 1 aromatic heterocycles. The first-order valence-corrected chi connectivity index (χ1v) is 7.72. The first kappa shape index (κ1) is 14.9. The van der Waals surface area contributed by atoms with Gasteiger partial charge in [-0.2, -0.15) is 0 Å². The molecule has 0 aliphatic heterocycles. The number of hydrogen-bond donors (Lipinski definition) is 2. The maximum Gasteiger partial charge on any atom is 0.127 e. The van der Waals surface area contributed by atoms with Gasteiger partial charge in [-0.05, 0) is 53.0 Å². The maximum absolute atomic E-state index is 13.7. The van der Waals surface area contributed by atoms with E-state index in [1.807, 2.05) is 12.1 Å². The maximum atomic E-state index is 13.7. The van der Waals surface area contributed by atoms with Crippen LogP contribution in [0.4, 0.5) is 4.39 Å². The quantitative estimate of drug-likeness (QED) is 0.624. The van der Waals surface area contributed by atoms with Crippen molar-refractivity contribution >= 4 is 38.9 Å². The topological polar surface area (TPSA) is 38.0 Å². The van der Waals surface area contributed by atoms with Crippen LogP contribution in [0.1, 0.15) is 10.4 Å². The van der Waals surface area contributed by atoms with Gasteiger partial charge >= 0.3 is 0 Å². The highest BCUT2D eigenvalue weighted by Crippen LogP contribution is 2.25. The Kier molecular flexibility index (Phi) is 5.36. The van der Waals surface area contributed by atoms with Crippen molar-refractivity contribution in [3.63, 3.8) is 0 Å². The Morgan fingerprint density at radius 2 is 2.11 bits per heavy atom. The first-order valence-electron chi connectivity index (χ1n) is 5.73. The minimum atomic E-state index is -0.292. The summed E-state index contributed by atoms with van der Waals surface area (Å²) in [5, 5.41) is 0.438. The molecule has 0 saturated carbocycles. The molecule has 2 aromatic rings. The summed E-state index contributed by atoms with van der Waals surface area (Å²) in [5.74, 6) is 5.26. The molecule has 0 aliphatic carbocycles. The van der Waals surface area contributed by atoms with Crippen molar-refractivity contribution in [1.29, 1.82) is 0 Å². The molecule has 0 amide bonds. The van der Waals surface area contributed by atoms with Gasteiger partial charge in [-0.1, -0.05) is 17.7 Å². The van der Waals surface area contributed by atoms with E-state index in [1.54, 1.807) is 23.5 Å². The summed E-state index contributed by atoms with van der Waals surface area (Å²) in [6, 6.07) is 8.67. The van der Waals surface area contributed by atoms with Gasteiger partial charge in [0.15, 0.2) is 0 Å². The molecule has 1 atom stereocenters. The molecule has 0 spiro atoms. The van der Waals surface area contributed by atoms with Crippen molar-refractivity contribution in [1.82, 2.24) is 5.43 Å². The first-order chi connectivity index (χ1) is 9.10. The zero-order valence-corrected chi connectivity index (χ0v) is 13.2. The van der Waals surface area contributed by atoms with Crippen molar-refractivity contribution in [2.45, 2.75) is 18.9 Å². The van der Waals surface area contributed by atoms with Gasteiger partial charge in [0.25, 0.3) is 0 Å². The van der Waals surface area contributed by atoms with Gasteiger partial charge in [0.05, 0.1) is 3.79 Å². The van der Waals surface area contributed by atoms with Crippen molar-refractivity contribution in [3.05, 3.63) is 55.4 Å². The lowest BCUT2D eigenvalue weighted by Gasteiger charge is -2.16. The predicted octanol–water partition coefficient (Wildman–Crippen LogP) is 3.92. The third-order valence-corrected chi connectivity index (χ3v) is 4.82. The normalized spacial score (nSPS) is 12.6. The SMILES string of the molecule is NNC(Cc1ccc(Br)s1)Cc1c(F)cccc1Cl. The second kappa shape index (κ2) is 6.81. The van der Waals surface area contributed by atoms with E-state index in [0.29, 0.717) is 17.0 Å². The third kappa shape index (κ3) is 4.00. The minimum Gasteiger partial charge on any atom is -0.271 e. The Labute approximate surface area is 128 Å². The second-order valence-electron chi connectivity index (χ2n) is 4.18. The summed E-state index contributed by atoms with van der Waals surface area (Å²) in [7, 11) is 0. The van der Waals surface area contributed by atoms with Gasteiger partial charge < -0.3 is 0 Å². The highest BCUT2D eigenvalue weighted by Gasteiger charge is 2.15. The monoisotopic (exact) mass is 362 g/mol. The van der Waals surface area contributed by atoms with Crippen LogP contribution in [0.15, 0.2) is 34.1 Å².